The van der Waals surface area contributed by atoms with E-state index in [1.807, 2.05) is 18.7 Å². The van der Waals surface area contributed by atoms with Crippen molar-refractivity contribution in [2.45, 2.75) is 25.9 Å². The highest BCUT2D eigenvalue weighted by Gasteiger charge is 2.29. The minimum Gasteiger partial charge on any atom is -0.379 e. The van der Waals surface area contributed by atoms with Crippen LogP contribution in [0.3, 0.4) is 0 Å². The Bertz CT molecular complexity index is 470. The Labute approximate surface area is 129 Å². The van der Waals surface area contributed by atoms with Crippen LogP contribution in [0.2, 0.25) is 0 Å². The number of hydrogen-bond donors (Lipinski definition) is 0. The zero-order valence-electron chi connectivity index (χ0n) is 12.3. The number of morpholine rings is 1. The van der Waals surface area contributed by atoms with Crippen LogP contribution in [-0.4, -0.2) is 65.0 Å². The van der Waals surface area contributed by atoms with Crippen LogP contribution in [0.5, 0.6) is 0 Å². The molecule has 5 nitrogen and oxygen atoms in total. The van der Waals surface area contributed by atoms with Crippen molar-refractivity contribution in [2.75, 3.05) is 39.4 Å². The van der Waals surface area contributed by atoms with E-state index in [9.17, 15) is 0 Å². The van der Waals surface area contributed by atoms with E-state index in [-0.39, 0.29) is 0 Å². The summed E-state index contributed by atoms with van der Waals surface area (Å²) in [5.74, 6) is 0. The first-order valence-corrected chi connectivity index (χ1v) is 8.16. The van der Waals surface area contributed by atoms with Crippen LogP contribution in [0.1, 0.15) is 17.8 Å². The Kier molecular flexibility index (Phi) is 4.45. The highest BCUT2D eigenvalue weighted by molar-refractivity contribution is 9.10. The Hall–Kier alpha value is -0.430. The Morgan fingerprint density at radius 3 is 2.70 bits per heavy atom. The maximum absolute atomic E-state index is 5.44. The molecule has 2 aliphatic heterocycles. The van der Waals surface area contributed by atoms with E-state index in [2.05, 4.69) is 30.8 Å². The molecule has 0 radical (unpaired) electrons. The summed E-state index contributed by atoms with van der Waals surface area (Å²) in [4.78, 5) is 5.13. The normalized spacial score (nSPS) is 25.4. The highest BCUT2D eigenvalue weighted by Crippen LogP contribution is 2.24. The lowest BCUT2D eigenvalue weighted by molar-refractivity contribution is 0.0183. The van der Waals surface area contributed by atoms with Gasteiger partial charge in [-0.05, 0) is 29.3 Å². The Balaban J connectivity index is 1.60. The average molecular weight is 343 g/mol. The van der Waals surface area contributed by atoms with Crippen molar-refractivity contribution >= 4 is 15.9 Å². The highest BCUT2D eigenvalue weighted by atomic mass is 79.9. The van der Waals surface area contributed by atoms with Crippen LogP contribution in [0, 0.1) is 6.92 Å². The van der Waals surface area contributed by atoms with Crippen molar-refractivity contribution in [3.63, 3.8) is 0 Å². The van der Waals surface area contributed by atoms with Crippen LogP contribution in [-0.2, 0) is 18.3 Å². The second-order valence-corrected chi connectivity index (χ2v) is 6.59. The molecule has 0 saturated carbocycles. The van der Waals surface area contributed by atoms with Crippen LogP contribution in [0.15, 0.2) is 4.47 Å². The summed E-state index contributed by atoms with van der Waals surface area (Å²) in [6, 6.07) is 0.701. The fraction of sp³-hybridized carbons (Fsp3) is 0.786. The van der Waals surface area contributed by atoms with E-state index in [4.69, 9.17) is 4.74 Å². The number of rotatable bonds is 3. The van der Waals surface area contributed by atoms with E-state index in [0.29, 0.717) is 6.04 Å². The Morgan fingerprint density at radius 1 is 1.30 bits per heavy atom. The fourth-order valence-corrected chi connectivity index (χ4v) is 3.72. The van der Waals surface area contributed by atoms with Gasteiger partial charge in [0, 0.05) is 45.8 Å². The molecular weight excluding hydrogens is 320 g/mol. The van der Waals surface area contributed by atoms with Gasteiger partial charge in [0.2, 0.25) is 0 Å². The van der Waals surface area contributed by atoms with Crippen molar-refractivity contribution in [3.8, 4) is 0 Å². The number of ether oxygens (including phenoxy) is 1. The molecule has 2 fully saturated rings. The van der Waals surface area contributed by atoms with Gasteiger partial charge in [0.05, 0.1) is 29.1 Å². The molecule has 2 aliphatic rings. The fourth-order valence-electron chi connectivity index (χ4n) is 3.26. The van der Waals surface area contributed by atoms with E-state index in [0.717, 1.165) is 49.6 Å². The van der Waals surface area contributed by atoms with Crippen molar-refractivity contribution in [1.29, 1.82) is 0 Å². The standard InChI is InChI=1S/C14H23BrN4O/c1-11-14(15)13(17(2)16-11)10-18-4-3-12(9-18)19-5-7-20-8-6-19/h12H,3-10H2,1-2H3. The van der Waals surface area contributed by atoms with Crippen LogP contribution >= 0.6 is 15.9 Å². The average Bonchev–Trinajstić information content (AvgIpc) is 3.01. The smallest absolute Gasteiger partial charge is 0.0739 e. The monoisotopic (exact) mass is 342 g/mol. The second kappa shape index (κ2) is 6.13. The molecule has 0 aliphatic carbocycles. The van der Waals surface area contributed by atoms with Gasteiger partial charge in [0.1, 0.15) is 0 Å². The van der Waals surface area contributed by atoms with E-state index < -0.39 is 0 Å². The zero-order chi connectivity index (χ0) is 14.1. The van der Waals surface area contributed by atoms with Gasteiger partial charge in [0.15, 0.2) is 0 Å². The molecule has 1 aromatic heterocycles. The largest absolute Gasteiger partial charge is 0.379 e. The van der Waals surface area contributed by atoms with Gasteiger partial charge in [-0.1, -0.05) is 0 Å². The van der Waals surface area contributed by atoms with Gasteiger partial charge in [-0.25, -0.2) is 0 Å². The van der Waals surface area contributed by atoms with Gasteiger partial charge in [-0.15, -0.1) is 0 Å². The summed E-state index contributed by atoms with van der Waals surface area (Å²) in [5.41, 5.74) is 2.36. The summed E-state index contributed by atoms with van der Waals surface area (Å²) >= 11 is 3.66. The number of halogens is 1. The predicted octanol–water partition coefficient (Wildman–Crippen LogP) is 1.40. The lowest BCUT2D eigenvalue weighted by atomic mass is 10.2. The number of aromatic nitrogens is 2. The minimum absolute atomic E-state index is 0.701. The first-order chi connectivity index (χ1) is 9.65. The van der Waals surface area contributed by atoms with Gasteiger partial charge in [-0.3, -0.25) is 14.5 Å². The third-order valence-electron chi connectivity index (χ3n) is 4.44. The molecule has 1 unspecified atom stereocenters. The maximum Gasteiger partial charge on any atom is 0.0739 e. The van der Waals surface area contributed by atoms with E-state index in [1.165, 1.54) is 18.7 Å². The first-order valence-electron chi connectivity index (χ1n) is 7.37. The molecule has 6 heteroatoms. The van der Waals surface area contributed by atoms with Crippen molar-refractivity contribution in [1.82, 2.24) is 19.6 Å². The lowest BCUT2D eigenvalue weighted by Gasteiger charge is -2.32. The summed E-state index contributed by atoms with van der Waals surface area (Å²) in [6.45, 7) is 9.34. The molecule has 0 spiro atoms. The zero-order valence-corrected chi connectivity index (χ0v) is 13.9. The van der Waals surface area contributed by atoms with Gasteiger partial charge >= 0.3 is 0 Å². The van der Waals surface area contributed by atoms with Gasteiger partial charge < -0.3 is 4.74 Å². The SMILES string of the molecule is Cc1nn(C)c(CN2CCC(N3CCOCC3)C2)c1Br. The second-order valence-electron chi connectivity index (χ2n) is 5.80. The minimum atomic E-state index is 0.701. The third-order valence-corrected chi connectivity index (χ3v) is 5.48. The van der Waals surface area contributed by atoms with E-state index >= 15 is 0 Å². The molecule has 0 N–H and O–H groups in total. The molecule has 20 heavy (non-hydrogen) atoms. The maximum atomic E-state index is 5.44. The van der Waals surface area contributed by atoms with Crippen molar-refractivity contribution < 1.29 is 4.74 Å². The van der Waals surface area contributed by atoms with E-state index in [1.54, 1.807) is 0 Å². The summed E-state index contributed by atoms with van der Waals surface area (Å²) in [7, 11) is 2.03. The van der Waals surface area contributed by atoms with Crippen LogP contribution < -0.4 is 0 Å². The molecule has 0 amide bonds. The van der Waals surface area contributed by atoms with Crippen LogP contribution in [0.25, 0.3) is 0 Å². The first kappa shape index (κ1) is 14.5. The van der Waals surface area contributed by atoms with Crippen molar-refractivity contribution in [2.24, 2.45) is 7.05 Å². The van der Waals surface area contributed by atoms with Gasteiger partial charge in [-0.2, -0.15) is 5.10 Å². The summed E-state index contributed by atoms with van der Waals surface area (Å²) in [5, 5.41) is 4.48. The van der Waals surface area contributed by atoms with Gasteiger partial charge in [0.25, 0.3) is 0 Å². The molecule has 1 atom stereocenters. The molecular formula is C14H23BrN4O. The molecule has 0 bridgehead atoms. The lowest BCUT2D eigenvalue weighted by Crippen LogP contribution is -2.44. The number of hydrogen-bond acceptors (Lipinski definition) is 4. The number of nitrogens with zero attached hydrogens (tertiary/aromatic N) is 4. The molecule has 3 heterocycles. The molecule has 1 aromatic rings. The molecule has 2 saturated heterocycles. The molecule has 112 valence electrons. The summed E-state index contributed by atoms with van der Waals surface area (Å²) in [6.07, 6.45) is 1.27. The topological polar surface area (TPSA) is 33.5 Å². The number of aryl methyl sites for hydroxylation is 2. The number of likely N-dealkylation sites (tertiary alicyclic amines) is 1. The van der Waals surface area contributed by atoms with Crippen molar-refractivity contribution in [3.05, 3.63) is 15.9 Å². The third kappa shape index (κ3) is 2.93. The predicted molar refractivity (Wildman–Crippen MR) is 81.7 cm³/mol. The Morgan fingerprint density at radius 2 is 2.05 bits per heavy atom. The molecule has 0 aromatic carbocycles. The van der Waals surface area contributed by atoms with Crippen LogP contribution in [0.4, 0.5) is 0 Å². The summed E-state index contributed by atoms with van der Waals surface area (Å²) < 4.78 is 8.61. The quantitative estimate of drug-likeness (QED) is 0.831. The molecule has 3 rings (SSSR count).